The van der Waals surface area contributed by atoms with Gasteiger partial charge < -0.3 is 9.47 Å². The summed E-state index contributed by atoms with van der Waals surface area (Å²) < 4.78 is 10.2. The molecule has 14 heavy (non-hydrogen) atoms. The molecule has 1 aromatic rings. The van der Waals surface area contributed by atoms with Crippen molar-refractivity contribution in [2.75, 3.05) is 20.3 Å². The zero-order valence-corrected chi connectivity index (χ0v) is 8.83. The summed E-state index contributed by atoms with van der Waals surface area (Å²) in [5.74, 6) is 0.895. The molecule has 0 fully saturated rings. The van der Waals surface area contributed by atoms with Crippen molar-refractivity contribution in [2.24, 2.45) is 0 Å². The van der Waals surface area contributed by atoms with E-state index in [0.717, 1.165) is 12.1 Å². The lowest BCUT2D eigenvalue weighted by atomic mass is 10.5. The molecule has 0 aliphatic heterocycles. The fourth-order valence-electron chi connectivity index (χ4n) is 0.866. The maximum atomic E-state index is 5.57. The average Bonchev–Trinajstić information content (AvgIpc) is 2.25. The van der Waals surface area contributed by atoms with E-state index in [2.05, 4.69) is 9.97 Å². The van der Waals surface area contributed by atoms with E-state index in [9.17, 15) is 0 Å². The summed E-state index contributed by atoms with van der Waals surface area (Å²) >= 11 is 5.57. The van der Waals surface area contributed by atoms with E-state index >= 15 is 0 Å². The van der Waals surface area contributed by atoms with Crippen LogP contribution in [0.25, 0.3) is 0 Å². The highest BCUT2D eigenvalue weighted by molar-refractivity contribution is 6.16. The van der Waals surface area contributed by atoms with Gasteiger partial charge in [-0.25, -0.2) is 4.98 Å². The first kappa shape index (κ1) is 11.2. The number of nitrogens with zero attached hydrogens (tertiary/aromatic N) is 2. The zero-order chi connectivity index (χ0) is 10.2. The molecule has 0 saturated heterocycles. The van der Waals surface area contributed by atoms with Crippen LogP contribution in [-0.4, -0.2) is 30.3 Å². The van der Waals surface area contributed by atoms with Crippen molar-refractivity contribution in [3.63, 3.8) is 0 Å². The predicted octanol–water partition coefficient (Wildman–Crippen LogP) is 1.63. The van der Waals surface area contributed by atoms with Crippen molar-refractivity contribution in [2.45, 2.75) is 12.3 Å². The fraction of sp³-hybridized carbons (Fsp3) is 0.556. The van der Waals surface area contributed by atoms with Crippen molar-refractivity contribution < 1.29 is 9.47 Å². The van der Waals surface area contributed by atoms with Crippen LogP contribution < -0.4 is 4.74 Å². The number of rotatable bonds is 6. The lowest BCUT2D eigenvalue weighted by Crippen LogP contribution is -2.03. The van der Waals surface area contributed by atoms with Crippen LogP contribution >= 0.6 is 11.6 Å². The van der Waals surface area contributed by atoms with E-state index in [-0.39, 0.29) is 0 Å². The molecule has 78 valence electrons. The molecule has 0 aromatic carbocycles. The van der Waals surface area contributed by atoms with Crippen molar-refractivity contribution in [1.29, 1.82) is 0 Å². The molecule has 0 amide bonds. The van der Waals surface area contributed by atoms with Crippen LogP contribution in [0.1, 0.15) is 12.1 Å². The smallest absolute Gasteiger partial charge is 0.232 e. The first-order chi connectivity index (χ1) is 6.86. The van der Waals surface area contributed by atoms with Gasteiger partial charge in [-0.3, -0.25) is 4.98 Å². The molecule has 0 radical (unpaired) electrons. The Hall–Kier alpha value is -0.870. The van der Waals surface area contributed by atoms with E-state index in [1.54, 1.807) is 19.5 Å². The second-order valence-corrected chi connectivity index (χ2v) is 2.94. The van der Waals surface area contributed by atoms with E-state index in [1.807, 2.05) is 0 Å². The Kier molecular flexibility index (Phi) is 5.25. The minimum absolute atomic E-state index is 0.372. The second kappa shape index (κ2) is 6.56. The number of hydrogen-bond acceptors (Lipinski definition) is 4. The molecule has 0 atom stereocenters. The molecule has 0 N–H and O–H groups in total. The van der Waals surface area contributed by atoms with E-state index in [4.69, 9.17) is 21.1 Å². The molecule has 0 bridgehead atoms. The third-order valence-corrected chi connectivity index (χ3v) is 1.84. The number of ether oxygens (including phenoxy) is 2. The van der Waals surface area contributed by atoms with Crippen molar-refractivity contribution >= 4 is 11.6 Å². The molecular weight excluding hydrogens is 204 g/mol. The number of aromatic nitrogens is 2. The largest absolute Gasteiger partial charge is 0.476 e. The lowest BCUT2D eigenvalue weighted by Gasteiger charge is -2.04. The molecule has 0 aliphatic rings. The van der Waals surface area contributed by atoms with E-state index < -0.39 is 0 Å². The monoisotopic (exact) mass is 216 g/mol. The summed E-state index contributed by atoms with van der Waals surface area (Å²) in [6.45, 7) is 1.27. The van der Waals surface area contributed by atoms with Gasteiger partial charge in [0.2, 0.25) is 5.88 Å². The van der Waals surface area contributed by atoms with Crippen LogP contribution in [0.5, 0.6) is 5.88 Å². The molecule has 1 rings (SSSR count). The number of methoxy groups -OCH3 is 1. The Labute approximate surface area is 88.2 Å². The summed E-state index contributed by atoms with van der Waals surface area (Å²) in [5.41, 5.74) is 0.746. The predicted molar refractivity (Wildman–Crippen MR) is 53.6 cm³/mol. The van der Waals surface area contributed by atoms with Gasteiger partial charge in [0.1, 0.15) is 0 Å². The standard InChI is InChI=1S/C9H13ClN2O2/c1-13-3-2-4-14-9-7-11-8(5-10)6-12-9/h6-7H,2-5H2,1H3. The fourth-order valence-corrected chi connectivity index (χ4v) is 1.00. The van der Waals surface area contributed by atoms with Crippen LogP contribution in [0.3, 0.4) is 0 Å². The summed E-state index contributed by atoms with van der Waals surface area (Å²) in [4.78, 5) is 8.08. The first-order valence-corrected chi connectivity index (χ1v) is 4.89. The summed E-state index contributed by atoms with van der Waals surface area (Å²) in [5, 5.41) is 0. The lowest BCUT2D eigenvalue weighted by molar-refractivity contribution is 0.170. The van der Waals surface area contributed by atoms with Crippen LogP contribution in [0.4, 0.5) is 0 Å². The Bertz CT molecular complexity index is 253. The summed E-state index contributed by atoms with van der Waals surface area (Å²) in [7, 11) is 1.66. The van der Waals surface area contributed by atoms with Gasteiger partial charge in [0, 0.05) is 20.1 Å². The molecule has 0 spiro atoms. The topological polar surface area (TPSA) is 44.2 Å². The average molecular weight is 217 g/mol. The third-order valence-electron chi connectivity index (χ3n) is 1.56. The summed E-state index contributed by atoms with van der Waals surface area (Å²) in [6, 6.07) is 0. The first-order valence-electron chi connectivity index (χ1n) is 4.35. The van der Waals surface area contributed by atoms with Crippen molar-refractivity contribution in [3.05, 3.63) is 18.1 Å². The van der Waals surface area contributed by atoms with Crippen LogP contribution in [0.2, 0.25) is 0 Å². The van der Waals surface area contributed by atoms with E-state index in [0.29, 0.717) is 25.0 Å². The molecule has 0 unspecified atom stereocenters. The van der Waals surface area contributed by atoms with Crippen LogP contribution in [0.15, 0.2) is 12.4 Å². The van der Waals surface area contributed by atoms with Gasteiger partial charge in [-0.05, 0) is 0 Å². The molecule has 1 aromatic heterocycles. The SMILES string of the molecule is COCCCOc1cnc(CCl)cn1. The Morgan fingerprint density at radius 1 is 1.29 bits per heavy atom. The molecule has 1 heterocycles. The molecule has 0 saturated carbocycles. The minimum Gasteiger partial charge on any atom is -0.476 e. The van der Waals surface area contributed by atoms with Crippen molar-refractivity contribution in [1.82, 2.24) is 9.97 Å². The molecular formula is C9H13ClN2O2. The van der Waals surface area contributed by atoms with Gasteiger partial charge in [0.25, 0.3) is 0 Å². The van der Waals surface area contributed by atoms with Gasteiger partial charge in [-0.2, -0.15) is 0 Å². The zero-order valence-electron chi connectivity index (χ0n) is 8.07. The number of halogens is 1. The highest BCUT2D eigenvalue weighted by atomic mass is 35.5. The van der Waals surface area contributed by atoms with Gasteiger partial charge in [-0.1, -0.05) is 0 Å². The quantitative estimate of drug-likeness (QED) is 0.536. The third kappa shape index (κ3) is 3.89. The summed E-state index contributed by atoms with van der Waals surface area (Å²) in [6.07, 6.45) is 4.03. The van der Waals surface area contributed by atoms with Crippen LogP contribution in [0, 0.1) is 0 Å². The Morgan fingerprint density at radius 2 is 2.14 bits per heavy atom. The molecule has 5 heteroatoms. The maximum absolute atomic E-state index is 5.57. The highest BCUT2D eigenvalue weighted by Crippen LogP contribution is 2.05. The second-order valence-electron chi connectivity index (χ2n) is 2.67. The number of alkyl halides is 1. The Morgan fingerprint density at radius 3 is 2.71 bits per heavy atom. The minimum atomic E-state index is 0.372. The normalized spacial score (nSPS) is 10.1. The van der Waals surface area contributed by atoms with Gasteiger partial charge in [0.05, 0.1) is 30.6 Å². The molecule has 4 nitrogen and oxygen atoms in total. The molecule has 0 aliphatic carbocycles. The van der Waals surface area contributed by atoms with Gasteiger partial charge in [0.15, 0.2) is 0 Å². The van der Waals surface area contributed by atoms with E-state index in [1.165, 1.54) is 0 Å². The maximum Gasteiger partial charge on any atom is 0.232 e. The highest BCUT2D eigenvalue weighted by Gasteiger charge is 1.96. The number of hydrogen-bond donors (Lipinski definition) is 0. The van der Waals surface area contributed by atoms with Gasteiger partial charge in [-0.15, -0.1) is 11.6 Å². The van der Waals surface area contributed by atoms with Gasteiger partial charge >= 0.3 is 0 Å². The Balaban J connectivity index is 2.29. The van der Waals surface area contributed by atoms with Crippen LogP contribution in [-0.2, 0) is 10.6 Å². The van der Waals surface area contributed by atoms with Crippen molar-refractivity contribution in [3.8, 4) is 5.88 Å².